The van der Waals surface area contributed by atoms with Gasteiger partial charge in [0.25, 0.3) is 0 Å². The zero-order chi connectivity index (χ0) is 8.27. The molecule has 1 N–H and O–H groups in total. The Balaban J connectivity index is 2.52. The molecule has 11 heavy (non-hydrogen) atoms. The molecule has 0 bridgehead atoms. The number of thioether (sulfide) groups is 1. The first kappa shape index (κ1) is 8.65. The van der Waals surface area contributed by atoms with E-state index in [9.17, 15) is 0 Å². The lowest BCUT2D eigenvalue weighted by atomic mass is 10.3. The molecule has 1 rings (SSSR count). The molecule has 2 nitrogen and oxygen atoms in total. The molecule has 0 aromatic rings. The highest BCUT2D eigenvalue weighted by Crippen LogP contribution is 2.23. The molecule has 0 aromatic carbocycles. The maximum absolute atomic E-state index is 4.36. The van der Waals surface area contributed by atoms with Crippen molar-refractivity contribution in [1.82, 2.24) is 5.32 Å². The summed E-state index contributed by atoms with van der Waals surface area (Å²) in [5.41, 5.74) is 1.39. The molecule has 0 saturated carbocycles. The average Bonchev–Trinajstić information content (AvgIpc) is 1.98. The first-order chi connectivity index (χ1) is 5.24. The Labute approximate surface area is 72.2 Å². The zero-order valence-corrected chi connectivity index (χ0v) is 8.09. The van der Waals surface area contributed by atoms with Crippen molar-refractivity contribution in [2.75, 3.05) is 13.1 Å². The summed E-state index contributed by atoms with van der Waals surface area (Å²) in [5, 5.41) is 4.28. The van der Waals surface area contributed by atoms with Crippen LogP contribution in [0.15, 0.2) is 15.5 Å². The molecule has 0 atom stereocenters. The quantitative estimate of drug-likeness (QED) is 0.651. The molecule has 3 heteroatoms. The van der Waals surface area contributed by atoms with E-state index in [4.69, 9.17) is 0 Å². The molecule has 1 heterocycles. The van der Waals surface area contributed by atoms with Crippen LogP contribution in [0.3, 0.4) is 0 Å². The standard InChI is InChI=1S/C8H14N2S/c1-4-9-8-10-5-6(2)7(3)11-8/h4-5H2,1-3H3,(H,9,10). The Morgan fingerprint density at radius 3 is 2.82 bits per heavy atom. The average molecular weight is 170 g/mol. The van der Waals surface area contributed by atoms with E-state index in [0.717, 1.165) is 18.3 Å². The molecule has 1 aliphatic rings. The zero-order valence-electron chi connectivity index (χ0n) is 7.27. The smallest absolute Gasteiger partial charge is 0.161 e. The molecule has 0 spiro atoms. The molecule has 0 amide bonds. The third-order valence-corrected chi connectivity index (χ3v) is 2.76. The number of hydrogen-bond acceptors (Lipinski definition) is 3. The largest absolute Gasteiger partial charge is 0.365 e. The van der Waals surface area contributed by atoms with Crippen molar-refractivity contribution >= 4 is 16.9 Å². The molecule has 0 unspecified atom stereocenters. The predicted molar refractivity (Wildman–Crippen MR) is 51.9 cm³/mol. The normalized spacial score (nSPS) is 18.3. The van der Waals surface area contributed by atoms with Crippen LogP contribution in [0.1, 0.15) is 20.8 Å². The van der Waals surface area contributed by atoms with Crippen molar-refractivity contribution in [2.45, 2.75) is 20.8 Å². The van der Waals surface area contributed by atoms with Crippen LogP contribution in [0, 0.1) is 0 Å². The fraction of sp³-hybridized carbons (Fsp3) is 0.625. The topological polar surface area (TPSA) is 24.4 Å². The lowest BCUT2D eigenvalue weighted by Crippen LogP contribution is -2.22. The Morgan fingerprint density at radius 1 is 1.55 bits per heavy atom. The van der Waals surface area contributed by atoms with Gasteiger partial charge in [-0.3, -0.25) is 4.99 Å². The minimum atomic E-state index is 0.862. The van der Waals surface area contributed by atoms with Crippen LogP contribution < -0.4 is 5.32 Å². The maximum Gasteiger partial charge on any atom is 0.161 e. The van der Waals surface area contributed by atoms with Gasteiger partial charge >= 0.3 is 0 Å². The summed E-state index contributed by atoms with van der Waals surface area (Å²) in [7, 11) is 0. The Bertz CT molecular complexity index is 206. The Morgan fingerprint density at radius 2 is 2.27 bits per heavy atom. The van der Waals surface area contributed by atoms with Crippen LogP contribution >= 0.6 is 11.8 Å². The number of nitrogens with one attached hydrogen (secondary N) is 1. The van der Waals surface area contributed by atoms with Gasteiger partial charge in [-0.2, -0.15) is 0 Å². The maximum atomic E-state index is 4.36. The molecule has 0 fully saturated rings. The van der Waals surface area contributed by atoms with Crippen molar-refractivity contribution in [3.8, 4) is 0 Å². The summed E-state index contributed by atoms with van der Waals surface area (Å²) in [4.78, 5) is 5.75. The SMILES string of the molecule is CCNC1=NCC(C)=C(C)S1. The molecule has 1 aliphatic heterocycles. The summed E-state index contributed by atoms with van der Waals surface area (Å²) in [6, 6.07) is 0. The minimum absolute atomic E-state index is 0.862. The summed E-state index contributed by atoms with van der Waals surface area (Å²) in [6.07, 6.45) is 0. The van der Waals surface area contributed by atoms with Gasteiger partial charge in [-0.15, -0.1) is 0 Å². The number of aliphatic imine (C=N–C) groups is 1. The van der Waals surface area contributed by atoms with Gasteiger partial charge in [0.15, 0.2) is 5.17 Å². The van der Waals surface area contributed by atoms with Gasteiger partial charge in [0, 0.05) is 6.54 Å². The third-order valence-electron chi connectivity index (χ3n) is 1.64. The van der Waals surface area contributed by atoms with Crippen molar-refractivity contribution in [2.24, 2.45) is 4.99 Å². The van der Waals surface area contributed by atoms with E-state index in [1.165, 1.54) is 10.5 Å². The van der Waals surface area contributed by atoms with Crippen molar-refractivity contribution in [1.29, 1.82) is 0 Å². The van der Waals surface area contributed by atoms with E-state index in [0.29, 0.717) is 0 Å². The molecule has 0 aromatic heterocycles. The van der Waals surface area contributed by atoms with Gasteiger partial charge < -0.3 is 5.32 Å². The van der Waals surface area contributed by atoms with Gasteiger partial charge in [-0.25, -0.2) is 0 Å². The molecule has 62 valence electrons. The van der Waals surface area contributed by atoms with Crippen molar-refractivity contribution in [3.63, 3.8) is 0 Å². The van der Waals surface area contributed by atoms with Gasteiger partial charge in [-0.05, 0) is 31.2 Å². The van der Waals surface area contributed by atoms with Crippen LogP contribution in [0.5, 0.6) is 0 Å². The Hall–Kier alpha value is -0.440. The van der Waals surface area contributed by atoms with Crippen LogP contribution in [-0.2, 0) is 0 Å². The predicted octanol–water partition coefficient (Wildman–Crippen LogP) is 1.99. The molecular formula is C8H14N2S. The molecule has 0 radical (unpaired) electrons. The third kappa shape index (κ3) is 2.26. The summed E-state index contributed by atoms with van der Waals surface area (Å²) >= 11 is 1.74. The fourth-order valence-corrected chi connectivity index (χ4v) is 1.68. The second kappa shape index (κ2) is 3.81. The molecule has 0 aliphatic carbocycles. The number of rotatable bonds is 1. The highest BCUT2D eigenvalue weighted by molar-refractivity contribution is 8.17. The fourth-order valence-electron chi connectivity index (χ4n) is 0.809. The van der Waals surface area contributed by atoms with Crippen molar-refractivity contribution < 1.29 is 0 Å². The first-order valence-corrected chi connectivity index (χ1v) is 4.68. The van der Waals surface area contributed by atoms with Crippen LogP contribution in [0.4, 0.5) is 0 Å². The number of amidine groups is 1. The van der Waals surface area contributed by atoms with Crippen LogP contribution in [0.2, 0.25) is 0 Å². The summed E-state index contributed by atoms with van der Waals surface area (Å²) < 4.78 is 0. The highest BCUT2D eigenvalue weighted by atomic mass is 32.2. The molecule has 0 saturated heterocycles. The second-order valence-electron chi connectivity index (χ2n) is 2.59. The molecular weight excluding hydrogens is 156 g/mol. The number of hydrogen-bond donors (Lipinski definition) is 1. The van der Waals surface area contributed by atoms with E-state index in [1.807, 2.05) is 0 Å². The van der Waals surface area contributed by atoms with E-state index in [2.05, 4.69) is 31.1 Å². The summed E-state index contributed by atoms with van der Waals surface area (Å²) in [6.45, 7) is 8.18. The Kier molecular flexibility index (Phi) is 3.00. The summed E-state index contributed by atoms with van der Waals surface area (Å²) in [5.74, 6) is 0. The van der Waals surface area contributed by atoms with Crippen LogP contribution in [0.25, 0.3) is 0 Å². The second-order valence-corrected chi connectivity index (χ2v) is 3.79. The minimum Gasteiger partial charge on any atom is -0.365 e. The van der Waals surface area contributed by atoms with Gasteiger partial charge in [0.2, 0.25) is 0 Å². The van der Waals surface area contributed by atoms with E-state index in [-0.39, 0.29) is 0 Å². The lowest BCUT2D eigenvalue weighted by Gasteiger charge is -2.14. The number of nitrogens with zero attached hydrogens (tertiary/aromatic N) is 1. The lowest BCUT2D eigenvalue weighted by molar-refractivity contribution is 0.963. The number of allylic oxidation sites excluding steroid dienone is 1. The van der Waals surface area contributed by atoms with Gasteiger partial charge in [-0.1, -0.05) is 11.8 Å². The van der Waals surface area contributed by atoms with Gasteiger partial charge in [0.1, 0.15) is 0 Å². The van der Waals surface area contributed by atoms with E-state index < -0.39 is 0 Å². The van der Waals surface area contributed by atoms with Crippen LogP contribution in [-0.4, -0.2) is 18.3 Å². The first-order valence-electron chi connectivity index (χ1n) is 3.86. The highest BCUT2D eigenvalue weighted by Gasteiger charge is 2.08. The monoisotopic (exact) mass is 170 g/mol. The van der Waals surface area contributed by atoms with E-state index in [1.54, 1.807) is 11.8 Å². The van der Waals surface area contributed by atoms with E-state index >= 15 is 0 Å². The van der Waals surface area contributed by atoms with Gasteiger partial charge in [0.05, 0.1) is 6.54 Å². The van der Waals surface area contributed by atoms with Crippen molar-refractivity contribution in [3.05, 3.63) is 10.5 Å².